The van der Waals surface area contributed by atoms with Crippen LogP contribution in [0.1, 0.15) is 15.9 Å². The molecule has 0 radical (unpaired) electrons. The van der Waals surface area contributed by atoms with Crippen molar-refractivity contribution in [1.82, 2.24) is 9.88 Å². The van der Waals surface area contributed by atoms with Crippen molar-refractivity contribution in [3.05, 3.63) is 78.1 Å². The highest BCUT2D eigenvalue weighted by Gasteiger charge is 2.13. The summed E-state index contributed by atoms with van der Waals surface area (Å²) in [5.74, 6) is 1.36. The van der Waals surface area contributed by atoms with E-state index < -0.39 is 0 Å². The minimum absolute atomic E-state index is 0.105. The van der Waals surface area contributed by atoms with Crippen molar-refractivity contribution in [3.63, 3.8) is 0 Å². The Balaban J connectivity index is 1.41. The number of ether oxygens (including phenoxy) is 2. The summed E-state index contributed by atoms with van der Waals surface area (Å²) in [6.07, 6.45) is 3.93. The number of aromatic nitrogens is 1. The fourth-order valence-electron chi connectivity index (χ4n) is 2.63. The van der Waals surface area contributed by atoms with E-state index in [0.717, 1.165) is 22.7 Å². The molecular weight excluding hydrogens is 304 g/mol. The van der Waals surface area contributed by atoms with Crippen LogP contribution in [0.3, 0.4) is 0 Å². The van der Waals surface area contributed by atoms with E-state index in [9.17, 15) is 4.79 Å². The van der Waals surface area contributed by atoms with Crippen LogP contribution in [0.2, 0.25) is 0 Å². The Bertz CT molecular complexity index is 855. The molecular formula is C19H16N2O3. The van der Waals surface area contributed by atoms with Crippen molar-refractivity contribution in [1.29, 1.82) is 0 Å². The summed E-state index contributed by atoms with van der Waals surface area (Å²) in [7, 11) is 0. The summed E-state index contributed by atoms with van der Waals surface area (Å²) >= 11 is 0. The third kappa shape index (κ3) is 2.84. The molecule has 0 saturated heterocycles. The second-order valence-corrected chi connectivity index (χ2v) is 5.51. The van der Waals surface area contributed by atoms with Crippen LogP contribution in [0, 0.1) is 0 Å². The molecule has 5 nitrogen and oxygen atoms in total. The van der Waals surface area contributed by atoms with Gasteiger partial charge in [-0.1, -0.05) is 6.07 Å². The van der Waals surface area contributed by atoms with Gasteiger partial charge in [0.2, 0.25) is 6.79 Å². The lowest BCUT2D eigenvalue weighted by atomic mass is 10.1. The molecule has 0 saturated carbocycles. The van der Waals surface area contributed by atoms with Gasteiger partial charge in [-0.2, -0.15) is 0 Å². The van der Waals surface area contributed by atoms with E-state index >= 15 is 0 Å². The monoisotopic (exact) mass is 320 g/mol. The fourth-order valence-corrected chi connectivity index (χ4v) is 2.63. The molecule has 5 heteroatoms. The first-order chi connectivity index (χ1) is 11.8. The minimum atomic E-state index is -0.105. The van der Waals surface area contributed by atoms with Crippen LogP contribution in [0.5, 0.6) is 11.5 Å². The predicted octanol–water partition coefficient (Wildman–Crippen LogP) is 3.14. The highest BCUT2D eigenvalue weighted by molar-refractivity contribution is 5.94. The molecule has 0 unspecified atom stereocenters. The zero-order valence-corrected chi connectivity index (χ0v) is 12.9. The van der Waals surface area contributed by atoms with Crippen molar-refractivity contribution >= 4 is 5.91 Å². The maximum Gasteiger partial charge on any atom is 0.251 e. The Labute approximate surface area is 139 Å². The second kappa shape index (κ2) is 6.12. The number of amides is 1. The van der Waals surface area contributed by atoms with Crippen molar-refractivity contribution in [2.75, 3.05) is 6.79 Å². The van der Waals surface area contributed by atoms with E-state index in [2.05, 4.69) is 5.32 Å². The third-order valence-electron chi connectivity index (χ3n) is 3.92. The van der Waals surface area contributed by atoms with E-state index in [-0.39, 0.29) is 12.7 Å². The van der Waals surface area contributed by atoms with Gasteiger partial charge in [-0.25, -0.2) is 0 Å². The number of hydrogen-bond donors (Lipinski definition) is 1. The summed E-state index contributed by atoms with van der Waals surface area (Å²) in [6.45, 7) is 0.688. The summed E-state index contributed by atoms with van der Waals surface area (Å²) in [5, 5.41) is 2.92. The van der Waals surface area contributed by atoms with Crippen molar-refractivity contribution < 1.29 is 14.3 Å². The molecule has 1 aromatic heterocycles. The molecule has 0 atom stereocenters. The van der Waals surface area contributed by atoms with E-state index in [0.29, 0.717) is 12.1 Å². The molecule has 120 valence electrons. The normalized spacial score (nSPS) is 12.2. The maximum atomic E-state index is 12.3. The average molecular weight is 320 g/mol. The van der Waals surface area contributed by atoms with Gasteiger partial charge in [-0.15, -0.1) is 0 Å². The zero-order valence-electron chi connectivity index (χ0n) is 12.9. The summed E-state index contributed by atoms with van der Waals surface area (Å²) in [4.78, 5) is 12.3. The largest absolute Gasteiger partial charge is 0.454 e. The quantitative estimate of drug-likeness (QED) is 0.803. The fraction of sp³-hybridized carbons (Fsp3) is 0.105. The van der Waals surface area contributed by atoms with Crippen LogP contribution in [-0.4, -0.2) is 17.3 Å². The predicted molar refractivity (Wildman–Crippen MR) is 89.5 cm³/mol. The van der Waals surface area contributed by atoms with Crippen molar-refractivity contribution in [2.45, 2.75) is 6.54 Å². The first-order valence-corrected chi connectivity index (χ1v) is 7.70. The molecule has 1 amide bonds. The lowest BCUT2D eigenvalue weighted by Crippen LogP contribution is -2.22. The van der Waals surface area contributed by atoms with Gasteiger partial charge >= 0.3 is 0 Å². The minimum Gasteiger partial charge on any atom is -0.454 e. The summed E-state index contributed by atoms with van der Waals surface area (Å²) in [6, 6.07) is 17.1. The molecule has 0 spiro atoms. The Morgan fingerprint density at radius 2 is 1.75 bits per heavy atom. The van der Waals surface area contributed by atoms with Gasteiger partial charge in [-0.3, -0.25) is 4.79 Å². The molecule has 2 heterocycles. The topological polar surface area (TPSA) is 52.5 Å². The van der Waals surface area contributed by atoms with Gasteiger partial charge < -0.3 is 19.4 Å². The number of rotatable bonds is 4. The van der Waals surface area contributed by atoms with E-state index in [1.54, 1.807) is 0 Å². The third-order valence-corrected chi connectivity index (χ3v) is 3.92. The lowest BCUT2D eigenvalue weighted by molar-refractivity contribution is 0.0951. The van der Waals surface area contributed by atoms with E-state index in [1.807, 2.05) is 71.6 Å². The summed E-state index contributed by atoms with van der Waals surface area (Å²) in [5.41, 5.74) is 2.62. The van der Waals surface area contributed by atoms with Gasteiger partial charge in [0.15, 0.2) is 11.5 Å². The van der Waals surface area contributed by atoms with Crippen LogP contribution in [-0.2, 0) is 6.54 Å². The first kappa shape index (κ1) is 14.4. The van der Waals surface area contributed by atoms with Gasteiger partial charge in [-0.05, 0) is 54.1 Å². The van der Waals surface area contributed by atoms with Gasteiger partial charge in [0.1, 0.15) is 0 Å². The Kier molecular flexibility index (Phi) is 3.67. The molecule has 1 N–H and O–H groups in total. The second-order valence-electron chi connectivity index (χ2n) is 5.51. The average Bonchev–Trinajstić information content (AvgIpc) is 3.31. The maximum absolute atomic E-state index is 12.3. The molecule has 3 aromatic rings. The summed E-state index contributed by atoms with van der Waals surface area (Å²) < 4.78 is 12.6. The molecule has 0 fully saturated rings. The molecule has 0 aliphatic carbocycles. The van der Waals surface area contributed by atoms with Crippen LogP contribution >= 0.6 is 0 Å². The number of nitrogens with zero attached hydrogens (tertiary/aromatic N) is 1. The Morgan fingerprint density at radius 1 is 1.00 bits per heavy atom. The smallest absolute Gasteiger partial charge is 0.251 e. The molecule has 1 aliphatic rings. The van der Waals surface area contributed by atoms with Crippen molar-refractivity contribution in [2.24, 2.45) is 0 Å². The number of fused-ring (bicyclic) bond motifs is 1. The van der Waals surface area contributed by atoms with E-state index in [4.69, 9.17) is 9.47 Å². The Hall–Kier alpha value is -3.21. The van der Waals surface area contributed by atoms with Crippen LogP contribution in [0.15, 0.2) is 67.0 Å². The molecule has 0 bridgehead atoms. The van der Waals surface area contributed by atoms with Gasteiger partial charge in [0, 0.05) is 30.2 Å². The molecule has 24 heavy (non-hydrogen) atoms. The number of carbonyl (C=O) groups excluding carboxylic acids is 1. The van der Waals surface area contributed by atoms with Crippen molar-refractivity contribution in [3.8, 4) is 17.2 Å². The van der Waals surface area contributed by atoms with Crippen LogP contribution in [0.4, 0.5) is 0 Å². The van der Waals surface area contributed by atoms with Crippen LogP contribution in [0.25, 0.3) is 5.69 Å². The number of benzene rings is 2. The highest BCUT2D eigenvalue weighted by Crippen LogP contribution is 2.32. The van der Waals surface area contributed by atoms with E-state index in [1.165, 1.54) is 0 Å². The number of carbonyl (C=O) groups is 1. The Morgan fingerprint density at radius 3 is 2.54 bits per heavy atom. The lowest BCUT2D eigenvalue weighted by Gasteiger charge is -2.08. The first-order valence-electron chi connectivity index (χ1n) is 7.70. The molecule has 2 aromatic carbocycles. The molecule has 4 rings (SSSR count). The number of nitrogens with one attached hydrogen (secondary N) is 1. The van der Waals surface area contributed by atoms with Gasteiger partial charge in [0.25, 0.3) is 5.91 Å². The van der Waals surface area contributed by atoms with Gasteiger partial charge in [0.05, 0.1) is 0 Å². The standard InChI is InChI=1S/C19H16N2O3/c22-19(15-4-6-16(7-5-15)21-9-1-2-10-21)20-12-14-3-8-17-18(11-14)24-13-23-17/h1-11H,12-13H2,(H,20,22). The zero-order chi connectivity index (χ0) is 16.4. The molecule has 1 aliphatic heterocycles. The number of hydrogen-bond acceptors (Lipinski definition) is 3. The highest BCUT2D eigenvalue weighted by atomic mass is 16.7. The SMILES string of the molecule is O=C(NCc1ccc2c(c1)OCO2)c1ccc(-n2cccc2)cc1. The van der Waals surface area contributed by atoms with Crippen LogP contribution < -0.4 is 14.8 Å².